The molecule has 230 valence electrons. The van der Waals surface area contributed by atoms with Gasteiger partial charge in [0.1, 0.15) is 18.0 Å². The normalized spacial score (nSPS) is 13.0. The molecule has 2 aromatic heterocycles. The van der Waals surface area contributed by atoms with Crippen molar-refractivity contribution in [3.8, 4) is 5.75 Å². The Morgan fingerprint density at radius 3 is 2.43 bits per heavy atom. The number of rotatable bonds is 8. The zero-order chi connectivity index (χ0) is 32.1. The van der Waals surface area contributed by atoms with Crippen LogP contribution < -0.4 is 15.6 Å². The van der Waals surface area contributed by atoms with Crippen LogP contribution in [0, 0.1) is 0 Å². The Labute approximate surface area is 270 Å². The van der Waals surface area contributed by atoms with Crippen LogP contribution in [0.25, 0.3) is 49.0 Å². The lowest BCUT2D eigenvalue weighted by atomic mass is 9.97. The monoisotopic (exact) mass is 617 g/mol. The molecule has 0 unspecified atom stereocenters. The number of methoxy groups -OCH3 is 1. The zero-order valence-corrected chi connectivity index (χ0v) is 25.9. The van der Waals surface area contributed by atoms with Crippen molar-refractivity contribution in [1.82, 2.24) is 9.38 Å². The van der Waals surface area contributed by atoms with Crippen LogP contribution in [-0.2, 0) is 9.53 Å². The fourth-order valence-corrected chi connectivity index (χ4v) is 6.57. The van der Waals surface area contributed by atoms with Gasteiger partial charge in [0.15, 0.2) is 0 Å². The molecule has 6 aromatic carbocycles. The van der Waals surface area contributed by atoms with Crippen LogP contribution in [0.15, 0.2) is 126 Å². The molecule has 47 heavy (non-hydrogen) atoms. The molecule has 0 radical (unpaired) electrons. The van der Waals surface area contributed by atoms with Gasteiger partial charge in [-0.2, -0.15) is 0 Å². The summed E-state index contributed by atoms with van der Waals surface area (Å²) in [6, 6.07) is 39.1. The molecule has 0 fully saturated rings. The van der Waals surface area contributed by atoms with Crippen LogP contribution in [0.4, 0.5) is 5.69 Å². The van der Waals surface area contributed by atoms with Crippen molar-refractivity contribution >= 4 is 60.7 Å². The third-order valence-corrected chi connectivity index (χ3v) is 9.07. The first-order valence-electron chi connectivity index (χ1n) is 15.6. The van der Waals surface area contributed by atoms with E-state index in [2.05, 4.69) is 5.32 Å². The maximum absolute atomic E-state index is 14.0. The highest BCUT2D eigenvalue weighted by molar-refractivity contribution is 6.16. The van der Waals surface area contributed by atoms with Gasteiger partial charge in [-0.25, -0.2) is 4.98 Å². The largest absolute Gasteiger partial charge is 0.497 e. The fraction of sp³-hybridized carbons (Fsp3) is 0.125. The van der Waals surface area contributed by atoms with Gasteiger partial charge in [0.05, 0.1) is 35.5 Å². The fourth-order valence-electron chi connectivity index (χ4n) is 6.57. The molecule has 0 saturated carbocycles. The van der Waals surface area contributed by atoms with Crippen molar-refractivity contribution in [3.63, 3.8) is 0 Å². The van der Waals surface area contributed by atoms with Gasteiger partial charge in [-0.05, 0) is 70.6 Å². The molecule has 0 amide bonds. The highest BCUT2D eigenvalue weighted by Gasteiger charge is 2.22. The number of hydrogen-bond acceptors (Lipinski definition) is 6. The number of benzene rings is 6. The molecule has 0 aliphatic rings. The Kier molecular flexibility index (Phi) is 6.94. The number of nitrogens with one attached hydrogen (secondary N) is 1. The van der Waals surface area contributed by atoms with E-state index < -0.39 is 5.92 Å². The van der Waals surface area contributed by atoms with E-state index in [1.165, 1.54) is 0 Å². The zero-order valence-electron chi connectivity index (χ0n) is 25.9. The predicted molar refractivity (Wildman–Crippen MR) is 188 cm³/mol. The molecule has 2 heterocycles. The number of anilines is 1. The molecule has 0 aliphatic heterocycles. The van der Waals surface area contributed by atoms with Gasteiger partial charge in [-0.3, -0.25) is 14.0 Å². The molecule has 1 N–H and O–H groups in total. The summed E-state index contributed by atoms with van der Waals surface area (Å²) in [6.45, 7) is 1.97. The number of imidazole rings is 1. The van der Waals surface area contributed by atoms with Gasteiger partial charge in [0.2, 0.25) is 0 Å². The number of carbonyl (C=O) groups is 1. The van der Waals surface area contributed by atoms with Gasteiger partial charge in [0, 0.05) is 16.5 Å². The Bertz CT molecular complexity index is 2510. The number of para-hydroxylation sites is 2. The molecule has 8 aromatic rings. The minimum Gasteiger partial charge on any atom is -0.497 e. The van der Waals surface area contributed by atoms with E-state index in [4.69, 9.17) is 14.5 Å². The maximum Gasteiger partial charge on any atom is 0.313 e. The SMILES string of the molecule is COc1ccc2cc([C@H](C)C(=O)OC[C@H](Nc3cc4cccc5c4c(c3)c(=O)n3c4ccccc4nc53)c3ccccc3)ccc2c1. The molecule has 0 aliphatic carbocycles. The highest BCUT2D eigenvalue weighted by Crippen LogP contribution is 2.33. The number of pyridine rings is 1. The average molecular weight is 618 g/mol. The second kappa shape index (κ2) is 11.4. The molecular weight excluding hydrogens is 586 g/mol. The molecule has 7 nitrogen and oxygen atoms in total. The minimum atomic E-state index is -0.460. The quantitative estimate of drug-likeness (QED) is 0.173. The van der Waals surface area contributed by atoms with E-state index in [9.17, 15) is 9.59 Å². The average Bonchev–Trinajstić information content (AvgIpc) is 3.51. The summed E-state index contributed by atoms with van der Waals surface area (Å²) in [7, 11) is 1.65. The van der Waals surface area contributed by atoms with E-state index in [0.717, 1.165) is 60.5 Å². The van der Waals surface area contributed by atoms with Gasteiger partial charge in [-0.15, -0.1) is 0 Å². The topological polar surface area (TPSA) is 81.9 Å². The number of ether oxygens (including phenoxy) is 2. The van der Waals surface area contributed by atoms with E-state index >= 15 is 0 Å². The molecular formula is C40H31N3O4. The maximum atomic E-state index is 14.0. The van der Waals surface area contributed by atoms with Crippen LogP contribution >= 0.6 is 0 Å². The van der Waals surface area contributed by atoms with Crippen LogP contribution in [0.1, 0.15) is 30.0 Å². The number of nitrogens with zero attached hydrogens (tertiary/aromatic N) is 2. The summed E-state index contributed by atoms with van der Waals surface area (Å²) in [5.41, 5.74) is 4.70. The summed E-state index contributed by atoms with van der Waals surface area (Å²) < 4.78 is 13.0. The smallest absolute Gasteiger partial charge is 0.313 e. The predicted octanol–water partition coefficient (Wildman–Crippen LogP) is 8.25. The summed E-state index contributed by atoms with van der Waals surface area (Å²) in [5.74, 6) is 0.0180. The van der Waals surface area contributed by atoms with Crippen LogP contribution in [0.5, 0.6) is 5.75 Å². The summed E-state index contributed by atoms with van der Waals surface area (Å²) in [6.07, 6.45) is 0. The van der Waals surface area contributed by atoms with E-state index in [0.29, 0.717) is 11.0 Å². The standard InChI is InChI=1S/C40H31N3O4/c1-24(26-15-16-28-21-31(46-2)18-17-27(28)19-26)40(45)47-23-35(25-9-4-3-5-10-25)41-30-20-29-11-8-12-32-37(29)33(22-30)39(44)43-36-14-7-6-13-34(36)42-38(32)43/h3-22,24,35,41H,23H2,1-2H3/t24-,35-/m0/s1. The molecule has 0 spiro atoms. The number of esters is 1. The number of fused-ring (bicyclic) bond motifs is 5. The van der Waals surface area contributed by atoms with Crippen LogP contribution in [0.3, 0.4) is 0 Å². The van der Waals surface area contributed by atoms with E-state index in [1.807, 2.05) is 128 Å². The lowest BCUT2D eigenvalue weighted by Crippen LogP contribution is -2.22. The molecule has 0 saturated heterocycles. The summed E-state index contributed by atoms with van der Waals surface area (Å²) >= 11 is 0. The minimum absolute atomic E-state index is 0.107. The van der Waals surface area contributed by atoms with E-state index in [1.54, 1.807) is 11.5 Å². The number of hydrogen-bond donors (Lipinski definition) is 1. The Morgan fingerprint density at radius 1 is 0.787 bits per heavy atom. The van der Waals surface area contributed by atoms with Gasteiger partial charge >= 0.3 is 5.97 Å². The molecule has 2 atom stereocenters. The second-order valence-electron chi connectivity index (χ2n) is 11.9. The second-order valence-corrected chi connectivity index (χ2v) is 11.9. The number of carbonyl (C=O) groups excluding carboxylic acids is 1. The van der Waals surface area contributed by atoms with Crippen LogP contribution in [0.2, 0.25) is 0 Å². The van der Waals surface area contributed by atoms with Crippen LogP contribution in [-0.4, -0.2) is 29.1 Å². The third-order valence-electron chi connectivity index (χ3n) is 9.07. The first kappa shape index (κ1) is 28.5. The highest BCUT2D eigenvalue weighted by atomic mass is 16.5. The Hall–Kier alpha value is -5.95. The summed E-state index contributed by atoms with van der Waals surface area (Å²) in [5, 5.41) is 9.00. The number of aromatic nitrogens is 2. The van der Waals surface area contributed by atoms with Crippen molar-refractivity contribution in [3.05, 3.63) is 143 Å². The first-order chi connectivity index (χ1) is 23.0. The van der Waals surface area contributed by atoms with Crippen molar-refractivity contribution in [2.45, 2.75) is 18.9 Å². The lowest BCUT2D eigenvalue weighted by Gasteiger charge is -2.22. The molecule has 7 heteroatoms. The molecule has 8 rings (SSSR count). The van der Waals surface area contributed by atoms with Crippen molar-refractivity contribution in [2.24, 2.45) is 0 Å². The third kappa shape index (κ3) is 4.97. The van der Waals surface area contributed by atoms with Crippen molar-refractivity contribution in [1.29, 1.82) is 0 Å². The van der Waals surface area contributed by atoms with Gasteiger partial charge in [0.25, 0.3) is 5.56 Å². The van der Waals surface area contributed by atoms with Crippen molar-refractivity contribution < 1.29 is 14.3 Å². The Balaban J connectivity index is 1.12. The summed E-state index contributed by atoms with van der Waals surface area (Å²) in [4.78, 5) is 32.3. The first-order valence-corrected chi connectivity index (χ1v) is 15.6. The molecule has 0 bridgehead atoms. The van der Waals surface area contributed by atoms with Gasteiger partial charge < -0.3 is 14.8 Å². The van der Waals surface area contributed by atoms with Crippen molar-refractivity contribution in [2.75, 3.05) is 19.0 Å². The lowest BCUT2D eigenvalue weighted by molar-refractivity contribution is -0.145. The van der Waals surface area contributed by atoms with E-state index in [-0.39, 0.29) is 24.2 Å². The van der Waals surface area contributed by atoms with Gasteiger partial charge in [-0.1, -0.05) is 84.9 Å². The Morgan fingerprint density at radius 2 is 1.57 bits per heavy atom.